The molecule has 0 aromatic carbocycles. The maximum atomic E-state index is 4.33. The summed E-state index contributed by atoms with van der Waals surface area (Å²) in [6.45, 7) is 3.00. The summed E-state index contributed by atoms with van der Waals surface area (Å²) in [5.41, 5.74) is 2.07. The van der Waals surface area contributed by atoms with E-state index in [2.05, 4.69) is 26.0 Å². The molecule has 16 heavy (non-hydrogen) atoms. The first-order chi connectivity index (χ1) is 7.90. The fourth-order valence-corrected chi connectivity index (χ4v) is 2.05. The first kappa shape index (κ1) is 11.2. The lowest BCUT2D eigenvalue weighted by Crippen LogP contribution is -2.23. The Bertz CT molecular complexity index is 401. The van der Waals surface area contributed by atoms with Crippen molar-refractivity contribution in [2.75, 3.05) is 6.54 Å². The molecule has 0 saturated carbocycles. The van der Waals surface area contributed by atoms with Crippen LogP contribution in [-0.4, -0.2) is 20.3 Å². The molecule has 0 aliphatic carbocycles. The van der Waals surface area contributed by atoms with E-state index in [4.69, 9.17) is 0 Å². The van der Waals surface area contributed by atoms with Crippen LogP contribution in [0.5, 0.6) is 0 Å². The number of hydrogen-bond acceptors (Lipinski definition) is 5. The van der Waals surface area contributed by atoms with E-state index in [-0.39, 0.29) is 6.04 Å². The molecular weight excluding hydrogens is 220 g/mol. The van der Waals surface area contributed by atoms with Gasteiger partial charge in [0.05, 0.1) is 29.7 Å². The minimum Gasteiger partial charge on any atom is -0.309 e. The first-order valence-corrected chi connectivity index (χ1v) is 6.04. The van der Waals surface area contributed by atoms with Crippen LogP contribution >= 0.6 is 11.7 Å². The molecule has 0 fully saturated rings. The highest BCUT2D eigenvalue weighted by Crippen LogP contribution is 2.15. The van der Waals surface area contributed by atoms with E-state index >= 15 is 0 Å². The second-order valence-electron chi connectivity index (χ2n) is 3.47. The molecule has 2 aromatic heterocycles. The minimum atomic E-state index is 0.207. The molecule has 1 unspecified atom stereocenters. The fourth-order valence-electron chi connectivity index (χ4n) is 1.58. The van der Waals surface area contributed by atoms with Gasteiger partial charge in [-0.15, -0.1) is 0 Å². The Balaban J connectivity index is 2.09. The van der Waals surface area contributed by atoms with Crippen LogP contribution in [0.3, 0.4) is 0 Å². The maximum Gasteiger partial charge on any atom is 0.0916 e. The number of rotatable bonds is 5. The van der Waals surface area contributed by atoms with E-state index in [1.165, 1.54) is 11.7 Å². The second-order valence-corrected chi connectivity index (χ2v) is 4.02. The van der Waals surface area contributed by atoms with Crippen LogP contribution in [0.4, 0.5) is 0 Å². The summed E-state index contributed by atoms with van der Waals surface area (Å²) in [6, 6.07) is 6.17. The van der Waals surface area contributed by atoms with Gasteiger partial charge in [0.25, 0.3) is 0 Å². The SMILES string of the molecule is CCNC(Cc1ccccn1)c1cnsn1. The van der Waals surface area contributed by atoms with Crippen molar-refractivity contribution < 1.29 is 0 Å². The number of nitrogens with one attached hydrogen (secondary N) is 1. The Kier molecular flexibility index (Phi) is 3.96. The van der Waals surface area contributed by atoms with Gasteiger partial charge in [-0.2, -0.15) is 8.75 Å². The van der Waals surface area contributed by atoms with E-state index in [9.17, 15) is 0 Å². The molecule has 2 aromatic rings. The number of likely N-dealkylation sites (N-methyl/N-ethyl adjacent to an activating group) is 1. The maximum absolute atomic E-state index is 4.33. The molecule has 5 heteroatoms. The van der Waals surface area contributed by atoms with E-state index in [1.54, 1.807) is 0 Å². The first-order valence-electron chi connectivity index (χ1n) is 5.31. The molecule has 1 atom stereocenters. The Morgan fingerprint density at radius 2 is 2.38 bits per heavy atom. The number of aromatic nitrogens is 3. The third kappa shape index (κ3) is 2.84. The van der Waals surface area contributed by atoms with Gasteiger partial charge in [-0.25, -0.2) is 0 Å². The quantitative estimate of drug-likeness (QED) is 0.857. The van der Waals surface area contributed by atoms with Crippen LogP contribution in [0.15, 0.2) is 30.6 Å². The normalized spacial score (nSPS) is 12.6. The third-order valence-electron chi connectivity index (χ3n) is 2.33. The number of hydrogen-bond donors (Lipinski definition) is 1. The standard InChI is InChI=1S/C11H14N4S/c1-2-12-10(11-8-14-16-15-11)7-9-5-3-4-6-13-9/h3-6,8,10,12H,2,7H2,1H3. The van der Waals surface area contributed by atoms with Crippen molar-refractivity contribution in [1.82, 2.24) is 19.0 Å². The van der Waals surface area contributed by atoms with Gasteiger partial charge in [0, 0.05) is 18.3 Å². The monoisotopic (exact) mass is 234 g/mol. The lowest BCUT2D eigenvalue weighted by atomic mass is 10.1. The van der Waals surface area contributed by atoms with Crippen molar-refractivity contribution in [3.63, 3.8) is 0 Å². The molecular formula is C11H14N4S. The third-order valence-corrected chi connectivity index (χ3v) is 2.82. The Morgan fingerprint density at radius 1 is 1.44 bits per heavy atom. The Labute approximate surface area is 99.1 Å². The Morgan fingerprint density at radius 3 is 3.00 bits per heavy atom. The van der Waals surface area contributed by atoms with E-state index in [1.807, 2.05) is 30.6 Å². The Hall–Kier alpha value is -1.33. The molecule has 2 rings (SSSR count). The predicted octanol–water partition coefficient (Wildman–Crippen LogP) is 1.83. The van der Waals surface area contributed by atoms with Gasteiger partial charge in [0.1, 0.15) is 0 Å². The van der Waals surface area contributed by atoms with Gasteiger partial charge < -0.3 is 5.32 Å². The van der Waals surface area contributed by atoms with Crippen LogP contribution in [0.1, 0.15) is 24.4 Å². The van der Waals surface area contributed by atoms with E-state index in [0.717, 1.165) is 24.4 Å². The highest BCUT2D eigenvalue weighted by atomic mass is 32.1. The zero-order valence-electron chi connectivity index (χ0n) is 9.13. The molecule has 0 spiro atoms. The number of pyridine rings is 1. The van der Waals surface area contributed by atoms with Gasteiger partial charge in [-0.1, -0.05) is 13.0 Å². The van der Waals surface area contributed by atoms with Gasteiger partial charge in [-0.3, -0.25) is 4.98 Å². The largest absolute Gasteiger partial charge is 0.309 e. The molecule has 2 heterocycles. The predicted molar refractivity (Wildman–Crippen MR) is 64.3 cm³/mol. The van der Waals surface area contributed by atoms with Crippen molar-refractivity contribution in [1.29, 1.82) is 0 Å². The van der Waals surface area contributed by atoms with Crippen LogP contribution in [0.2, 0.25) is 0 Å². The van der Waals surface area contributed by atoms with E-state index in [0.29, 0.717) is 0 Å². The van der Waals surface area contributed by atoms with Crippen molar-refractivity contribution in [2.45, 2.75) is 19.4 Å². The lowest BCUT2D eigenvalue weighted by molar-refractivity contribution is 0.535. The molecule has 84 valence electrons. The summed E-state index contributed by atoms with van der Waals surface area (Å²) in [4.78, 5) is 4.33. The topological polar surface area (TPSA) is 50.7 Å². The van der Waals surface area contributed by atoms with Crippen molar-refractivity contribution in [2.24, 2.45) is 0 Å². The molecule has 0 amide bonds. The smallest absolute Gasteiger partial charge is 0.0916 e. The zero-order chi connectivity index (χ0) is 11.2. The molecule has 0 radical (unpaired) electrons. The van der Waals surface area contributed by atoms with Gasteiger partial charge in [0.15, 0.2) is 0 Å². The fraction of sp³-hybridized carbons (Fsp3) is 0.364. The second kappa shape index (κ2) is 5.67. The van der Waals surface area contributed by atoms with Crippen molar-refractivity contribution in [3.8, 4) is 0 Å². The summed E-state index contributed by atoms with van der Waals surface area (Å²) in [5.74, 6) is 0. The number of nitrogens with zero attached hydrogens (tertiary/aromatic N) is 3. The summed E-state index contributed by atoms with van der Waals surface area (Å²) in [7, 11) is 0. The van der Waals surface area contributed by atoms with Crippen LogP contribution in [-0.2, 0) is 6.42 Å². The average molecular weight is 234 g/mol. The van der Waals surface area contributed by atoms with Gasteiger partial charge in [0.2, 0.25) is 0 Å². The minimum absolute atomic E-state index is 0.207. The average Bonchev–Trinajstić information content (AvgIpc) is 2.83. The zero-order valence-corrected chi connectivity index (χ0v) is 9.94. The highest BCUT2D eigenvalue weighted by molar-refractivity contribution is 6.99. The molecule has 0 bridgehead atoms. The lowest BCUT2D eigenvalue weighted by Gasteiger charge is -2.14. The van der Waals surface area contributed by atoms with E-state index < -0.39 is 0 Å². The van der Waals surface area contributed by atoms with Gasteiger partial charge >= 0.3 is 0 Å². The molecule has 1 N–H and O–H groups in total. The summed E-state index contributed by atoms with van der Waals surface area (Å²) >= 11 is 1.24. The molecule has 0 aliphatic rings. The molecule has 4 nitrogen and oxygen atoms in total. The summed E-state index contributed by atoms with van der Waals surface area (Å²) in [5, 5.41) is 3.40. The van der Waals surface area contributed by atoms with Gasteiger partial charge in [-0.05, 0) is 18.7 Å². The van der Waals surface area contributed by atoms with Crippen LogP contribution < -0.4 is 5.32 Å². The van der Waals surface area contributed by atoms with Crippen molar-refractivity contribution in [3.05, 3.63) is 42.0 Å². The molecule has 0 aliphatic heterocycles. The molecule has 0 saturated heterocycles. The van der Waals surface area contributed by atoms with Crippen LogP contribution in [0.25, 0.3) is 0 Å². The van der Waals surface area contributed by atoms with Crippen LogP contribution in [0, 0.1) is 0 Å². The summed E-state index contributed by atoms with van der Waals surface area (Å²) < 4.78 is 8.31. The highest BCUT2D eigenvalue weighted by Gasteiger charge is 2.14. The van der Waals surface area contributed by atoms with Crippen molar-refractivity contribution >= 4 is 11.7 Å². The summed E-state index contributed by atoms with van der Waals surface area (Å²) in [6.07, 6.45) is 4.48.